The van der Waals surface area contributed by atoms with Gasteiger partial charge in [0.25, 0.3) is 0 Å². The molecule has 0 aromatic heterocycles. The molecule has 0 radical (unpaired) electrons. The first-order valence-electron chi connectivity index (χ1n) is 6.66. The molecule has 0 saturated carbocycles. The molecule has 0 aliphatic carbocycles. The van der Waals surface area contributed by atoms with Crippen LogP contribution >= 0.6 is 50.7 Å². The molecule has 0 heterocycles. The average molecular weight is 408 g/mol. The highest BCUT2D eigenvalue weighted by atomic mass is 79.9. The summed E-state index contributed by atoms with van der Waals surface area (Å²) >= 11 is 22.2. The van der Waals surface area contributed by atoms with E-state index >= 15 is 0 Å². The van der Waals surface area contributed by atoms with E-state index in [1.165, 1.54) is 0 Å². The maximum absolute atomic E-state index is 6.38. The monoisotopic (exact) mass is 405 g/mol. The molecule has 2 aromatic carbocycles. The molecule has 0 spiro atoms. The Kier molecular flexibility index (Phi) is 6.39. The van der Waals surface area contributed by atoms with Crippen molar-refractivity contribution in [2.75, 3.05) is 6.54 Å². The Balaban J connectivity index is 2.49. The zero-order valence-electron chi connectivity index (χ0n) is 11.5. The van der Waals surface area contributed by atoms with Crippen LogP contribution in [0.3, 0.4) is 0 Å². The van der Waals surface area contributed by atoms with E-state index in [0.717, 1.165) is 28.6 Å². The Hall–Kier alpha value is -0.250. The maximum atomic E-state index is 6.38. The van der Waals surface area contributed by atoms with Crippen molar-refractivity contribution in [2.45, 2.75) is 19.4 Å². The maximum Gasteiger partial charge on any atom is 0.0643 e. The van der Waals surface area contributed by atoms with Crippen LogP contribution in [0.25, 0.3) is 0 Å². The quantitative estimate of drug-likeness (QED) is 0.597. The fourth-order valence-corrected chi connectivity index (χ4v) is 3.48. The summed E-state index contributed by atoms with van der Waals surface area (Å²) in [6.45, 7) is 3.00. The van der Waals surface area contributed by atoms with E-state index in [9.17, 15) is 0 Å². The molecule has 0 saturated heterocycles. The number of benzene rings is 2. The minimum Gasteiger partial charge on any atom is -0.306 e. The third kappa shape index (κ3) is 4.37. The van der Waals surface area contributed by atoms with Gasteiger partial charge >= 0.3 is 0 Å². The van der Waals surface area contributed by atoms with E-state index in [0.29, 0.717) is 15.1 Å². The smallest absolute Gasteiger partial charge is 0.0643 e. The topological polar surface area (TPSA) is 12.0 Å². The zero-order valence-corrected chi connectivity index (χ0v) is 15.3. The molecular weight excluding hydrogens is 392 g/mol. The highest BCUT2D eigenvalue weighted by molar-refractivity contribution is 9.10. The third-order valence-corrected chi connectivity index (χ3v) is 4.62. The summed E-state index contributed by atoms with van der Waals surface area (Å²) in [5.74, 6) is 0. The normalized spacial score (nSPS) is 12.4. The van der Waals surface area contributed by atoms with Crippen LogP contribution < -0.4 is 5.32 Å². The second-order valence-corrected chi connectivity index (χ2v) is 6.87. The van der Waals surface area contributed by atoms with Gasteiger partial charge in [-0.05, 0) is 48.4 Å². The Morgan fingerprint density at radius 3 is 2.57 bits per heavy atom. The Bertz CT molecular complexity index is 611. The van der Waals surface area contributed by atoms with Crippen LogP contribution in [0.15, 0.2) is 40.9 Å². The Morgan fingerprint density at radius 1 is 1.14 bits per heavy atom. The van der Waals surface area contributed by atoms with Crippen molar-refractivity contribution in [1.82, 2.24) is 5.32 Å². The number of nitrogens with one attached hydrogen (secondary N) is 1. The van der Waals surface area contributed by atoms with Gasteiger partial charge in [0.1, 0.15) is 0 Å². The lowest BCUT2D eigenvalue weighted by atomic mass is 9.98. The summed E-state index contributed by atoms with van der Waals surface area (Å²) in [5.41, 5.74) is 2.00. The van der Waals surface area contributed by atoms with Crippen molar-refractivity contribution in [1.29, 1.82) is 0 Å². The van der Waals surface area contributed by atoms with Crippen molar-refractivity contribution < 1.29 is 0 Å². The van der Waals surface area contributed by atoms with E-state index < -0.39 is 0 Å². The van der Waals surface area contributed by atoms with Gasteiger partial charge in [-0.3, -0.25) is 0 Å². The minimum absolute atomic E-state index is 0.0499. The molecule has 1 nitrogen and oxygen atoms in total. The van der Waals surface area contributed by atoms with E-state index in [2.05, 4.69) is 28.2 Å². The van der Waals surface area contributed by atoms with Crippen molar-refractivity contribution >= 4 is 50.7 Å². The summed E-state index contributed by atoms with van der Waals surface area (Å²) in [7, 11) is 0. The van der Waals surface area contributed by atoms with E-state index in [1.54, 1.807) is 6.07 Å². The SMILES string of the molecule is CCCNC(c1cc(Cl)cc(Br)c1)c1cccc(Cl)c1Cl. The van der Waals surface area contributed by atoms with Crippen LogP contribution in [0.4, 0.5) is 0 Å². The molecule has 5 heteroatoms. The van der Waals surface area contributed by atoms with Gasteiger partial charge in [0, 0.05) is 9.50 Å². The largest absolute Gasteiger partial charge is 0.306 e. The second-order valence-electron chi connectivity index (χ2n) is 4.73. The first-order chi connectivity index (χ1) is 10.0. The number of halogens is 4. The molecule has 21 heavy (non-hydrogen) atoms. The summed E-state index contributed by atoms with van der Waals surface area (Å²) in [4.78, 5) is 0. The molecular formula is C16H15BrCl3N. The zero-order chi connectivity index (χ0) is 15.4. The molecule has 2 aromatic rings. The molecule has 1 N–H and O–H groups in total. The molecule has 0 aliphatic rings. The molecule has 0 aliphatic heterocycles. The van der Waals surface area contributed by atoms with E-state index in [1.807, 2.05) is 30.3 Å². The number of hydrogen-bond donors (Lipinski definition) is 1. The van der Waals surface area contributed by atoms with Gasteiger partial charge in [-0.1, -0.05) is 69.8 Å². The van der Waals surface area contributed by atoms with Gasteiger partial charge in [-0.2, -0.15) is 0 Å². The average Bonchev–Trinajstić information content (AvgIpc) is 2.42. The first kappa shape index (κ1) is 17.1. The highest BCUT2D eigenvalue weighted by Gasteiger charge is 2.18. The van der Waals surface area contributed by atoms with Gasteiger partial charge in [0.15, 0.2) is 0 Å². The Labute approximate surface area is 148 Å². The fraction of sp³-hybridized carbons (Fsp3) is 0.250. The van der Waals surface area contributed by atoms with Crippen molar-refractivity contribution in [2.24, 2.45) is 0 Å². The van der Waals surface area contributed by atoms with Crippen molar-refractivity contribution in [3.8, 4) is 0 Å². The van der Waals surface area contributed by atoms with Gasteiger partial charge in [0.2, 0.25) is 0 Å². The van der Waals surface area contributed by atoms with Crippen LogP contribution in [0.5, 0.6) is 0 Å². The predicted molar refractivity (Wildman–Crippen MR) is 95.8 cm³/mol. The minimum atomic E-state index is -0.0499. The lowest BCUT2D eigenvalue weighted by Gasteiger charge is -2.21. The molecule has 1 atom stereocenters. The van der Waals surface area contributed by atoms with Gasteiger partial charge in [-0.15, -0.1) is 0 Å². The summed E-state index contributed by atoms with van der Waals surface area (Å²) < 4.78 is 0.937. The van der Waals surface area contributed by atoms with Crippen molar-refractivity contribution in [3.63, 3.8) is 0 Å². The standard InChI is InChI=1S/C16H15BrCl3N/c1-2-6-21-16(10-7-11(17)9-12(18)8-10)13-4-3-5-14(19)15(13)20/h3-5,7-9,16,21H,2,6H2,1H3. The molecule has 0 amide bonds. The van der Waals surface area contributed by atoms with Crippen LogP contribution in [-0.4, -0.2) is 6.54 Å². The van der Waals surface area contributed by atoms with Gasteiger partial charge < -0.3 is 5.32 Å². The highest BCUT2D eigenvalue weighted by Crippen LogP contribution is 2.35. The van der Waals surface area contributed by atoms with Gasteiger partial charge in [-0.25, -0.2) is 0 Å². The van der Waals surface area contributed by atoms with E-state index in [-0.39, 0.29) is 6.04 Å². The fourth-order valence-electron chi connectivity index (χ4n) is 2.18. The van der Waals surface area contributed by atoms with Gasteiger partial charge in [0.05, 0.1) is 16.1 Å². The van der Waals surface area contributed by atoms with Crippen LogP contribution in [0, 0.1) is 0 Å². The first-order valence-corrected chi connectivity index (χ1v) is 8.59. The summed E-state index contributed by atoms with van der Waals surface area (Å²) in [5, 5.41) is 5.31. The molecule has 2 rings (SSSR count). The second kappa shape index (κ2) is 7.85. The van der Waals surface area contributed by atoms with Crippen LogP contribution in [-0.2, 0) is 0 Å². The van der Waals surface area contributed by atoms with Crippen LogP contribution in [0.1, 0.15) is 30.5 Å². The number of hydrogen-bond acceptors (Lipinski definition) is 1. The third-order valence-electron chi connectivity index (χ3n) is 3.11. The van der Waals surface area contributed by atoms with E-state index in [4.69, 9.17) is 34.8 Å². The molecule has 0 bridgehead atoms. The van der Waals surface area contributed by atoms with Crippen LogP contribution in [0.2, 0.25) is 15.1 Å². The lowest BCUT2D eigenvalue weighted by molar-refractivity contribution is 0.598. The van der Waals surface area contributed by atoms with Crippen molar-refractivity contribution in [3.05, 3.63) is 67.1 Å². The summed E-state index contributed by atoms with van der Waals surface area (Å²) in [6, 6.07) is 11.5. The molecule has 0 fully saturated rings. The molecule has 1 unspecified atom stereocenters. The number of rotatable bonds is 5. The lowest BCUT2D eigenvalue weighted by Crippen LogP contribution is -2.23. The predicted octanol–water partition coefficient (Wildman–Crippen LogP) is 6.50. The Morgan fingerprint density at radius 2 is 1.90 bits per heavy atom. The summed E-state index contributed by atoms with van der Waals surface area (Å²) in [6.07, 6.45) is 1.02. The molecule has 112 valence electrons.